The van der Waals surface area contributed by atoms with E-state index in [0.717, 1.165) is 12.2 Å². The van der Waals surface area contributed by atoms with Crippen LogP contribution < -0.4 is 14.2 Å². The molecular formula is C21H20O7. The van der Waals surface area contributed by atoms with Gasteiger partial charge in [0.1, 0.15) is 5.75 Å². The van der Waals surface area contributed by atoms with E-state index < -0.39 is 11.9 Å². The zero-order chi connectivity index (χ0) is 20.7. The Morgan fingerprint density at radius 3 is 1.86 bits per heavy atom. The second-order valence-corrected chi connectivity index (χ2v) is 5.61. The van der Waals surface area contributed by atoms with Crippen LogP contribution in [0.25, 0.3) is 23.3 Å². The zero-order valence-electron chi connectivity index (χ0n) is 15.6. The number of benzene rings is 2. The van der Waals surface area contributed by atoms with Gasteiger partial charge in [0.15, 0.2) is 11.5 Å². The van der Waals surface area contributed by atoms with Gasteiger partial charge in [-0.3, -0.25) is 0 Å². The maximum atomic E-state index is 10.9. The van der Waals surface area contributed by atoms with Gasteiger partial charge < -0.3 is 24.4 Å². The molecule has 2 rings (SSSR count). The topological polar surface area (TPSA) is 102 Å². The highest BCUT2D eigenvalue weighted by molar-refractivity contribution is 5.88. The number of aliphatic carboxylic acids is 2. The van der Waals surface area contributed by atoms with Crippen molar-refractivity contribution >= 4 is 24.1 Å². The fourth-order valence-corrected chi connectivity index (χ4v) is 2.66. The standard InChI is InChI=1S/C21H20O7/c1-26-17-7-4-13(5-8-19(22)23)10-15(17)16-11-14(6-9-20(24)25)12-18(27-2)21(16)28-3/h4-12H,1-3H3,(H,22,23)(H,24,25)/b8-5+,9-6+. The molecule has 0 saturated heterocycles. The smallest absolute Gasteiger partial charge is 0.328 e. The number of carbonyl (C=O) groups is 2. The third-order valence-electron chi connectivity index (χ3n) is 3.85. The van der Waals surface area contributed by atoms with E-state index in [2.05, 4.69) is 0 Å². The Morgan fingerprint density at radius 1 is 0.750 bits per heavy atom. The van der Waals surface area contributed by atoms with Crippen molar-refractivity contribution in [2.75, 3.05) is 21.3 Å². The van der Waals surface area contributed by atoms with Crippen molar-refractivity contribution in [1.82, 2.24) is 0 Å². The number of carboxylic acids is 2. The van der Waals surface area contributed by atoms with Gasteiger partial charge in [0.2, 0.25) is 0 Å². The Hall–Kier alpha value is -3.74. The average molecular weight is 384 g/mol. The summed E-state index contributed by atoms with van der Waals surface area (Å²) < 4.78 is 16.3. The van der Waals surface area contributed by atoms with E-state index in [1.165, 1.54) is 33.5 Å². The minimum Gasteiger partial charge on any atom is -0.496 e. The Morgan fingerprint density at radius 2 is 1.32 bits per heavy atom. The lowest BCUT2D eigenvalue weighted by molar-refractivity contribution is -0.132. The summed E-state index contributed by atoms with van der Waals surface area (Å²) in [6.45, 7) is 0. The molecule has 0 aliphatic heterocycles. The first-order valence-electron chi connectivity index (χ1n) is 8.16. The summed E-state index contributed by atoms with van der Waals surface area (Å²) in [5, 5.41) is 17.7. The van der Waals surface area contributed by atoms with E-state index in [0.29, 0.717) is 39.5 Å². The lowest BCUT2D eigenvalue weighted by Crippen LogP contribution is -1.97. The molecule has 0 radical (unpaired) electrons. The normalized spacial score (nSPS) is 11.0. The van der Waals surface area contributed by atoms with Crippen LogP contribution in [0.5, 0.6) is 17.2 Å². The van der Waals surface area contributed by atoms with Crippen molar-refractivity contribution in [1.29, 1.82) is 0 Å². The van der Waals surface area contributed by atoms with Crippen LogP contribution >= 0.6 is 0 Å². The molecule has 0 bridgehead atoms. The second kappa shape index (κ2) is 9.27. The van der Waals surface area contributed by atoms with Crippen LogP contribution in [0.1, 0.15) is 11.1 Å². The molecule has 0 aliphatic carbocycles. The molecule has 0 amide bonds. The molecule has 0 fully saturated rings. The Balaban J connectivity index is 2.73. The predicted octanol–water partition coefficient (Wildman–Crippen LogP) is 3.58. The number of ether oxygens (including phenoxy) is 3. The van der Waals surface area contributed by atoms with Gasteiger partial charge >= 0.3 is 11.9 Å². The molecule has 0 saturated carbocycles. The van der Waals surface area contributed by atoms with Gasteiger partial charge in [0, 0.05) is 23.3 Å². The van der Waals surface area contributed by atoms with E-state index in [4.69, 9.17) is 24.4 Å². The lowest BCUT2D eigenvalue weighted by Gasteiger charge is -2.17. The molecule has 2 N–H and O–H groups in total. The van der Waals surface area contributed by atoms with Crippen LogP contribution in [0, 0.1) is 0 Å². The van der Waals surface area contributed by atoms with Gasteiger partial charge in [-0.1, -0.05) is 6.07 Å². The second-order valence-electron chi connectivity index (χ2n) is 5.61. The minimum absolute atomic E-state index is 0.415. The van der Waals surface area contributed by atoms with Gasteiger partial charge in [-0.05, 0) is 47.5 Å². The summed E-state index contributed by atoms with van der Waals surface area (Å²) in [7, 11) is 4.49. The maximum absolute atomic E-state index is 10.9. The average Bonchev–Trinajstić information content (AvgIpc) is 2.69. The van der Waals surface area contributed by atoms with Crippen molar-refractivity contribution in [2.24, 2.45) is 0 Å². The monoisotopic (exact) mass is 384 g/mol. The molecule has 146 valence electrons. The number of rotatable bonds is 8. The highest BCUT2D eigenvalue weighted by Crippen LogP contribution is 2.43. The highest BCUT2D eigenvalue weighted by Gasteiger charge is 2.17. The molecule has 0 aromatic heterocycles. The van der Waals surface area contributed by atoms with Crippen LogP contribution in [-0.4, -0.2) is 43.5 Å². The molecule has 0 spiro atoms. The first kappa shape index (κ1) is 20.6. The molecule has 0 atom stereocenters. The Kier molecular flexibility index (Phi) is 6.81. The summed E-state index contributed by atoms with van der Waals surface area (Å²) in [6.07, 6.45) is 4.96. The van der Waals surface area contributed by atoms with Crippen LogP contribution in [0.4, 0.5) is 0 Å². The summed E-state index contributed by atoms with van der Waals surface area (Å²) in [4.78, 5) is 21.7. The highest BCUT2D eigenvalue weighted by atomic mass is 16.5. The summed E-state index contributed by atoms with van der Waals surface area (Å²) in [6, 6.07) is 8.58. The van der Waals surface area contributed by atoms with Gasteiger partial charge in [-0.25, -0.2) is 9.59 Å². The molecule has 2 aromatic rings. The molecule has 7 heteroatoms. The summed E-state index contributed by atoms with van der Waals surface area (Å²) in [5.41, 5.74) is 2.47. The molecule has 0 heterocycles. The van der Waals surface area contributed by atoms with Crippen molar-refractivity contribution in [3.63, 3.8) is 0 Å². The van der Waals surface area contributed by atoms with Crippen LogP contribution in [0.3, 0.4) is 0 Å². The first-order valence-corrected chi connectivity index (χ1v) is 8.16. The van der Waals surface area contributed by atoms with Crippen molar-refractivity contribution in [3.8, 4) is 28.4 Å². The Bertz CT molecular complexity index is 942. The summed E-state index contributed by atoms with van der Waals surface area (Å²) >= 11 is 0. The molecule has 0 unspecified atom stereocenters. The Labute approximate surface area is 162 Å². The molecule has 7 nitrogen and oxygen atoms in total. The van der Waals surface area contributed by atoms with Crippen LogP contribution in [-0.2, 0) is 9.59 Å². The van der Waals surface area contributed by atoms with Crippen LogP contribution in [0.2, 0.25) is 0 Å². The van der Waals surface area contributed by atoms with Crippen molar-refractivity contribution < 1.29 is 34.0 Å². The summed E-state index contributed by atoms with van der Waals surface area (Å²) in [5.74, 6) is -0.745. The van der Waals surface area contributed by atoms with Crippen molar-refractivity contribution in [2.45, 2.75) is 0 Å². The van der Waals surface area contributed by atoms with E-state index in [9.17, 15) is 9.59 Å². The molecule has 2 aromatic carbocycles. The quantitative estimate of drug-likeness (QED) is 0.671. The van der Waals surface area contributed by atoms with E-state index in [-0.39, 0.29) is 0 Å². The lowest BCUT2D eigenvalue weighted by atomic mass is 9.97. The molecular weight excluding hydrogens is 364 g/mol. The van der Waals surface area contributed by atoms with Gasteiger partial charge in [-0.2, -0.15) is 0 Å². The van der Waals surface area contributed by atoms with Gasteiger partial charge in [0.25, 0.3) is 0 Å². The number of hydrogen-bond acceptors (Lipinski definition) is 5. The zero-order valence-corrected chi connectivity index (χ0v) is 15.6. The van der Waals surface area contributed by atoms with Crippen molar-refractivity contribution in [3.05, 3.63) is 53.6 Å². The van der Waals surface area contributed by atoms with E-state index in [1.54, 1.807) is 30.3 Å². The first-order chi connectivity index (χ1) is 13.4. The minimum atomic E-state index is -1.07. The van der Waals surface area contributed by atoms with E-state index in [1.807, 2.05) is 0 Å². The molecule has 0 aliphatic rings. The third-order valence-corrected chi connectivity index (χ3v) is 3.85. The SMILES string of the molecule is COc1ccc(/C=C/C(=O)O)cc1-c1cc(/C=C/C(=O)O)cc(OC)c1OC. The number of methoxy groups -OCH3 is 3. The fraction of sp³-hybridized carbons (Fsp3) is 0.143. The van der Waals surface area contributed by atoms with Gasteiger partial charge in [0.05, 0.1) is 21.3 Å². The number of hydrogen-bond donors (Lipinski definition) is 2. The van der Waals surface area contributed by atoms with E-state index >= 15 is 0 Å². The number of carboxylic acid groups (broad SMARTS) is 2. The van der Waals surface area contributed by atoms with Gasteiger partial charge in [-0.15, -0.1) is 0 Å². The molecule has 28 heavy (non-hydrogen) atoms. The predicted molar refractivity (Wildman–Crippen MR) is 105 cm³/mol. The fourth-order valence-electron chi connectivity index (χ4n) is 2.66. The maximum Gasteiger partial charge on any atom is 0.328 e. The third kappa shape index (κ3) is 4.91. The van der Waals surface area contributed by atoms with Crippen LogP contribution in [0.15, 0.2) is 42.5 Å². The largest absolute Gasteiger partial charge is 0.496 e.